The second-order valence-electron chi connectivity index (χ2n) is 27.6. The van der Waals surface area contributed by atoms with Crippen molar-refractivity contribution < 1.29 is 70.8 Å². The molecular formula is C68H105N7O15Si2. The molecule has 0 fully saturated rings. The summed E-state index contributed by atoms with van der Waals surface area (Å²) in [7, 11) is 0.265. The van der Waals surface area contributed by atoms with Gasteiger partial charge in [0.1, 0.15) is 18.7 Å². The van der Waals surface area contributed by atoms with Crippen molar-refractivity contribution in [3.05, 3.63) is 88.8 Å². The van der Waals surface area contributed by atoms with Gasteiger partial charge in [0.05, 0.1) is 88.9 Å². The Morgan fingerprint density at radius 1 is 0.685 bits per heavy atom. The number of benzene rings is 3. The number of nitrogen functional groups attached to an aromatic ring is 1. The number of amides is 6. The predicted molar refractivity (Wildman–Crippen MR) is 363 cm³/mol. The summed E-state index contributed by atoms with van der Waals surface area (Å²) in [6.07, 6.45) is 6.14. The molecule has 24 heteroatoms. The van der Waals surface area contributed by atoms with Gasteiger partial charge in [-0.1, -0.05) is 78.7 Å². The maximum absolute atomic E-state index is 14.8. The van der Waals surface area contributed by atoms with Crippen LogP contribution in [-0.4, -0.2) is 153 Å². The molecule has 0 bridgehead atoms. The zero-order chi connectivity index (χ0) is 68.5. The van der Waals surface area contributed by atoms with Crippen molar-refractivity contribution >= 4 is 69.3 Å². The Kier molecular flexibility index (Phi) is 27.4. The first-order valence-corrected chi connectivity index (χ1v) is 37.6. The van der Waals surface area contributed by atoms with Gasteiger partial charge in [0.2, 0.25) is 17.7 Å². The largest absolute Gasteiger partial charge is 0.493 e. The van der Waals surface area contributed by atoms with Gasteiger partial charge in [-0.3, -0.25) is 29.3 Å². The van der Waals surface area contributed by atoms with Crippen LogP contribution in [0.2, 0.25) is 36.3 Å². The van der Waals surface area contributed by atoms with Crippen LogP contribution in [0.25, 0.3) is 0 Å². The van der Waals surface area contributed by atoms with E-state index in [4.69, 9.17) is 47.7 Å². The highest BCUT2D eigenvalue weighted by Crippen LogP contribution is 2.43. The number of hydrogen-bond donors (Lipinski definition) is 5. The number of carbonyl (C=O) groups excluding carboxylic acids is 6. The normalized spacial score (nSPS) is 16.7. The highest BCUT2D eigenvalue weighted by Gasteiger charge is 2.45. The summed E-state index contributed by atoms with van der Waals surface area (Å²) in [4.78, 5) is 85.3. The Morgan fingerprint density at radius 3 is 1.87 bits per heavy atom. The molecular weight excluding hydrogens is 1210 g/mol. The van der Waals surface area contributed by atoms with Gasteiger partial charge in [0, 0.05) is 49.4 Å². The number of carbonyl (C=O) groups is 6. The van der Waals surface area contributed by atoms with E-state index in [0.717, 1.165) is 11.1 Å². The molecule has 4 atom stereocenters. The maximum Gasteiger partial charge on any atom is 0.411 e. The van der Waals surface area contributed by atoms with Crippen LogP contribution in [0.1, 0.15) is 148 Å². The lowest BCUT2D eigenvalue weighted by Crippen LogP contribution is -2.53. The van der Waals surface area contributed by atoms with Gasteiger partial charge in [-0.05, 0) is 132 Å². The first-order chi connectivity index (χ1) is 43.0. The molecule has 3 aromatic carbocycles. The number of methoxy groups -OCH3 is 3. The van der Waals surface area contributed by atoms with Crippen LogP contribution < -0.4 is 45.9 Å². The van der Waals surface area contributed by atoms with Gasteiger partial charge in [-0.15, -0.1) is 0 Å². The van der Waals surface area contributed by atoms with Crippen molar-refractivity contribution in [3.8, 4) is 23.0 Å². The molecule has 2 aliphatic rings. The molecule has 0 aliphatic carbocycles. The minimum absolute atomic E-state index is 0.0121. The lowest BCUT2D eigenvalue weighted by molar-refractivity contribution is -0.132. The molecule has 1 unspecified atom stereocenters. The zero-order valence-electron chi connectivity index (χ0n) is 58.1. The first kappa shape index (κ1) is 75.8. The van der Waals surface area contributed by atoms with E-state index in [1.54, 1.807) is 79.3 Å². The topological polar surface area (TPSA) is 266 Å². The average molecular weight is 1320 g/mol. The van der Waals surface area contributed by atoms with Gasteiger partial charge >= 0.3 is 6.09 Å². The standard InChI is InChI=1S/C68H105N7O15Si2/c1-44(2)60(73-59(76)27-30-85-32-31-82-13)62(78)70-47(5)61(77)71-49-25-23-48(24-26-49)41-88-65(81)72-54-37-58(56(84-15)35-52(54)63(79)74-39-45(3)33-50(74)42-89-91(16,17)66(6,7)8)87-29-22-20-21-28-86-57-36-53(69)51(34-55(57)83-14)64(80)75-40-46(4)38-68(75,12)43-90-92(18,19)67(9,10)11/h23-26,34-37,39-40,44,47,50,60H,20-22,27-33,38,41-43,69H2,1-19H3,(H,70,78)(H,71,77)(H,72,81)(H,73,76)/t47-,50-,60-,68?/m0/s1. The molecule has 2 heterocycles. The number of nitrogens with zero attached hydrogens (tertiary/aromatic N) is 2. The van der Waals surface area contributed by atoms with E-state index in [9.17, 15) is 28.8 Å². The summed E-state index contributed by atoms with van der Waals surface area (Å²) in [5.41, 5.74) is 9.93. The van der Waals surface area contributed by atoms with Gasteiger partial charge in [-0.25, -0.2) is 4.79 Å². The second-order valence-corrected chi connectivity index (χ2v) is 37.3. The average Bonchev–Trinajstić information content (AvgIpc) is 1.53. The van der Waals surface area contributed by atoms with Gasteiger partial charge in [0.15, 0.2) is 39.6 Å². The number of hydrogen-bond acceptors (Lipinski definition) is 16. The predicted octanol–water partition coefficient (Wildman–Crippen LogP) is 12.0. The van der Waals surface area contributed by atoms with E-state index in [1.165, 1.54) is 21.1 Å². The van der Waals surface area contributed by atoms with Gasteiger partial charge in [-0.2, -0.15) is 0 Å². The highest BCUT2D eigenvalue weighted by atomic mass is 28.4. The van der Waals surface area contributed by atoms with E-state index < -0.39 is 52.2 Å². The van der Waals surface area contributed by atoms with Crippen LogP contribution in [-0.2, 0) is 44.1 Å². The number of unbranched alkanes of at least 4 members (excludes halogenated alkanes) is 2. The first-order valence-electron chi connectivity index (χ1n) is 31.8. The number of rotatable bonds is 33. The smallest absolute Gasteiger partial charge is 0.411 e. The lowest BCUT2D eigenvalue weighted by Gasteiger charge is -2.41. The fourth-order valence-corrected chi connectivity index (χ4v) is 11.9. The number of nitrogens with two attached hydrogens (primary N) is 1. The van der Waals surface area contributed by atoms with Crippen molar-refractivity contribution in [1.29, 1.82) is 0 Å². The molecule has 22 nitrogen and oxygen atoms in total. The molecule has 0 spiro atoms. The summed E-state index contributed by atoms with van der Waals surface area (Å²) in [6.45, 7) is 35.0. The molecule has 0 aromatic heterocycles. The third-order valence-electron chi connectivity index (χ3n) is 17.5. The van der Waals surface area contributed by atoms with Gasteiger partial charge in [0.25, 0.3) is 11.8 Å². The fourth-order valence-electron chi connectivity index (χ4n) is 9.78. The molecule has 2 aliphatic heterocycles. The summed E-state index contributed by atoms with van der Waals surface area (Å²) in [5, 5.41) is 11.0. The van der Waals surface area contributed by atoms with E-state index in [1.807, 2.05) is 33.2 Å². The summed E-state index contributed by atoms with van der Waals surface area (Å²) < 4.78 is 53.3. The van der Waals surface area contributed by atoms with Crippen LogP contribution >= 0.6 is 0 Å². The van der Waals surface area contributed by atoms with E-state index in [2.05, 4.69) is 89.0 Å². The van der Waals surface area contributed by atoms with Crippen LogP contribution in [0.3, 0.4) is 0 Å². The Hall–Kier alpha value is -6.97. The Labute approximate surface area is 547 Å². The summed E-state index contributed by atoms with van der Waals surface area (Å²) in [5.74, 6) is -0.897. The zero-order valence-corrected chi connectivity index (χ0v) is 60.1. The maximum atomic E-state index is 14.8. The number of ether oxygens (including phenoxy) is 7. The van der Waals surface area contributed by atoms with Crippen molar-refractivity contribution in [1.82, 2.24) is 20.4 Å². The van der Waals surface area contributed by atoms with Crippen LogP contribution in [0.4, 0.5) is 21.9 Å². The second kappa shape index (κ2) is 33.2. The lowest BCUT2D eigenvalue weighted by atomic mass is 9.96. The van der Waals surface area contributed by atoms with Crippen molar-refractivity contribution in [2.24, 2.45) is 5.92 Å². The van der Waals surface area contributed by atoms with E-state index >= 15 is 0 Å². The van der Waals surface area contributed by atoms with Crippen molar-refractivity contribution in [3.63, 3.8) is 0 Å². The Bertz CT molecular complexity index is 3100. The Balaban J connectivity index is 1.23. The van der Waals surface area contributed by atoms with Crippen molar-refractivity contribution in [2.75, 3.05) is 83.9 Å². The SMILES string of the molecule is COCCOCCC(=O)N[C@H](C(=O)N[C@@H](C)C(=O)Nc1ccc(COC(=O)Nc2cc(OCCCCCOc3cc(N)c(C(=O)N4C=C(C)CC4(C)CO[Si](C)(C)C(C)(C)C)cc3OC)c(OC)cc2C(=O)N2C=C(C)C[C@H]2CO[Si](C)(C)C(C)(C)C)cc1)C(C)C. The van der Waals surface area contributed by atoms with E-state index in [0.29, 0.717) is 93.5 Å². The molecule has 0 saturated carbocycles. The van der Waals surface area contributed by atoms with Crippen LogP contribution in [0.15, 0.2) is 72.1 Å². The third kappa shape index (κ3) is 21.0. The minimum atomic E-state index is -2.19. The molecule has 6 amide bonds. The third-order valence-corrected chi connectivity index (χ3v) is 26.5. The molecule has 92 heavy (non-hydrogen) atoms. The van der Waals surface area contributed by atoms with Crippen LogP contribution in [0, 0.1) is 5.92 Å². The summed E-state index contributed by atoms with van der Waals surface area (Å²) in [6, 6.07) is 10.9. The molecule has 0 radical (unpaired) electrons. The van der Waals surface area contributed by atoms with E-state index in [-0.39, 0.29) is 94.4 Å². The quantitative estimate of drug-likeness (QED) is 0.0216. The Morgan fingerprint density at radius 2 is 1.28 bits per heavy atom. The molecule has 6 N–H and O–H groups in total. The molecule has 5 rings (SSSR count). The number of nitrogens with one attached hydrogen (secondary N) is 4. The highest BCUT2D eigenvalue weighted by molar-refractivity contribution is 6.74. The monoisotopic (exact) mass is 1320 g/mol. The van der Waals surface area contributed by atoms with Gasteiger partial charge < -0.3 is 73.5 Å². The number of anilines is 3. The van der Waals surface area contributed by atoms with Crippen LogP contribution in [0.5, 0.6) is 23.0 Å². The van der Waals surface area contributed by atoms with Crippen molar-refractivity contribution in [2.45, 2.75) is 188 Å². The molecule has 510 valence electrons. The minimum Gasteiger partial charge on any atom is -0.493 e. The molecule has 3 aromatic rings. The fraction of sp³-hybridized carbons (Fsp3) is 0.588. The summed E-state index contributed by atoms with van der Waals surface area (Å²) >= 11 is 0. The molecule has 0 saturated heterocycles.